The Bertz CT molecular complexity index is 577. The lowest BCUT2D eigenvalue weighted by molar-refractivity contribution is 0.269. The van der Waals surface area contributed by atoms with Crippen molar-refractivity contribution in [1.82, 2.24) is 0 Å². The van der Waals surface area contributed by atoms with E-state index in [1.54, 1.807) is 0 Å². The summed E-state index contributed by atoms with van der Waals surface area (Å²) in [4.78, 5) is 0. The van der Waals surface area contributed by atoms with Crippen molar-refractivity contribution in [3.8, 4) is 5.75 Å². The van der Waals surface area contributed by atoms with Crippen LogP contribution in [0.15, 0.2) is 59.9 Å². The third kappa shape index (κ3) is 1.47. The molecule has 1 nitrogen and oxygen atoms in total. The lowest BCUT2D eigenvalue weighted by Crippen LogP contribution is -2.27. The largest absolute Gasteiger partial charge is 0.461 e. The van der Waals surface area contributed by atoms with Gasteiger partial charge < -0.3 is 4.74 Å². The van der Waals surface area contributed by atoms with E-state index in [0.29, 0.717) is 11.8 Å². The third-order valence-electron chi connectivity index (χ3n) is 4.27. The van der Waals surface area contributed by atoms with Crippen LogP contribution in [0.4, 0.5) is 0 Å². The Morgan fingerprint density at radius 3 is 3.00 bits per heavy atom. The van der Waals surface area contributed by atoms with Crippen LogP contribution >= 0.6 is 0 Å². The van der Waals surface area contributed by atoms with E-state index >= 15 is 0 Å². The first-order chi connectivity index (χ1) is 8.92. The average Bonchev–Trinajstić information content (AvgIpc) is 2.45. The smallest absolute Gasteiger partial charge is 0.130 e. The lowest BCUT2D eigenvalue weighted by Gasteiger charge is -2.36. The molecular formula is C17H16O. The number of allylic oxidation sites excluding steroid dienone is 6. The van der Waals surface area contributed by atoms with Gasteiger partial charge in [-0.1, -0.05) is 42.5 Å². The molecule has 1 aliphatic heterocycles. The van der Waals surface area contributed by atoms with Crippen LogP contribution in [0.2, 0.25) is 0 Å². The summed E-state index contributed by atoms with van der Waals surface area (Å²) in [6, 6.07) is 8.45. The minimum Gasteiger partial charge on any atom is -0.461 e. The number of ether oxygens (including phenoxy) is 1. The minimum atomic E-state index is 0.575. The topological polar surface area (TPSA) is 9.23 Å². The normalized spacial score (nSPS) is 28.2. The van der Waals surface area contributed by atoms with E-state index in [2.05, 4.69) is 48.6 Å². The van der Waals surface area contributed by atoms with Crippen LogP contribution in [-0.4, -0.2) is 0 Å². The number of hydrogen-bond acceptors (Lipinski definition) is 1. The zero-order valence-corrected chi connectivity index (χ0v) is 10.3. The highest BCUT2D eigenvalue weighted by Crippen LogP contribution is 2.43. The summed E-state index contributed by atoms with van der Waals surface area (Å²) in [6.07, 6.45) is 12.5. The second-order valence-electron chi connectivity index (χ2n) is 5.36. The van der Waals surface area contributed by atoms with Crippen molar-refractivity contribution in [2.45, 2.75) is 19.3 Å². The van der Waals surface area contributed by atoms with Crippen molar-refractivity contribution in [1.29, 1.82) is 0 Å². The van der Waals surface area contributed by atoms with Gasteiger partial charge in [-0.05, 0) is 36.5 Å². The van der Waals surface area contributed by atoms with Crippen molar-refractivity contribution in [2.75, 3.05) is 0 Å². The monoisotopic (exact) mass is 236 g/mol. The molecular weight excluding hydrogens is 220 g/mol. The molecule has 0 N–H and O–H groups in total. The van der Waals surface area contributed by atoms with E-state index in [0.717, 1.165) is 12.2 Å². The van der Waals surface area contributed by atoms with E-state index < -0.39 is 0 Å². The van der Waals surface area contributed by atoms with E-state index in [9.17, 15) is 0 Å². The molecule has 2 atom stereocenters. The second-order valence-corrected chi connectivity index (χ2v) is 5.36. The van der Waals surface area contributed by atoms with Gasteiger partial charge in [-0.25, -0.2) is 0 Å². The van der Waals surface area contributed by atoms with Crippen LogP contribution in [-0.2, 0) is 6.42 Å². The number of benzene rings is 1. The maximum Gasteiger partial charge on any atom is 0.130 e. The highest BCUT2D eigenvalue weighted by molar-refractivity contribution is 5.44. The Morgan fingerprint density at radius 1 is 1.06 bits per heavy atom. The molecule has 2 unspecified atom stereocenters. The summed E-state index contributed by atoms with van der Waals surface area (Å²) in [7, 11) is 0. The Hall–Kier alpha value is -1.76. The average molecular weight is 236 g/mol. The zero-order valence-electron chi connectivity index (χ0n) is 10.3. The Labute approximate surface area is 107 Å². The molecule has 1 heteroatoms. The fourth-order valence-electron chi connectivity index (χ4n) is 3.34. The molecule has 90 valence electrons. The van der Waals surface area contributed by atoms with Crippen LogP contribution < -0.4 is 4.74 Å². The maximum atomic E-state index is 6.20. The van der Waals surface area contributed by atoms with Gasteiger partial charge in [0.15, 0.2) is 0 Å². The number of fused-ring (bicyclic) bond motifs is 3. The summed E-state index contributed by atoms with van der Waals surface area (Å²) < 4.78 is 6.20. The molecule has 1 heterocycles. The van der Waals surface area contributed by atoms with Crippen LogP contribution in [0.5, 0.6) is 5.75 Å². The lowest BCUT2D eigenvalue weighted by atomic mass is 9.76. The van der Waals surface area contributed by atoms with Gasteiger partial charge in [0.1, 0.15) is 11.5 Å². The molecule has 1 aromatic rings. The third-order valence-corrected chi connectivity index (χ3v) is 4.27. The summed E-state index contributed by atoms with van der Waals surface area (Å²) in [6.45, 7) is 0. The first-order valence-corrected chi connectivity index (χ1v) is 6.76. The van der Waals surface area contributed by atoms with Gasteiger partial charge in [-0.15, -0.1) is 0 Å². The second kappa shape index (κ2) is 3.88. The van der Waals surface area contributed by atoms with Crippen LogP contribution in [0.25, 0.3) is 0 Å². The van der Waals surface area contributed by atoms with Crippen molar-refractivity contribution in [3.63, 3.8) is 0 Å². The number of hydrogen-bond donors (Lipinski definition) is 0. The van der Waals surface area contributed by atoms with E-state index in [4.69, 9.17) is 4.74 Å². The molecule has 0 fully saturated rings. The van der Waals surface area contributed by atoms with Crippen molar-refractivity contribution < 1.29 is 4.74 Å². The molecule has 0 saturated carbocycles. The van der Waals surface area contributed by atoms with Gasteiger partial charge in [0.2, 0.25) is 0 Å². The summed E-state index contributed by atoms with van der Waals surface area (Å²) in [5.41, 5.74) is 2.77. The Balaban J connectivity index is 1.82. The predicted octanol–water partition coefficient (Wildman–Crippen LogP) is 4.03. The Morgan fingerprint density at radius 2 is 2.00 bits per heavy atom. The van der Waals surface area contributed by atoms with Crippen molar-refractivity contribution in [3.05, 3.63) is 65.5 Å². The first-order valence-electron chi connectivity index (χ1n) is 6.76. The highest BCUT2D eigenvalue weighted by atomic mass is 16.5. The highest BCUT2D eigenvalue weighted by Gasteiger charge is 2.33. The zero-order chi connectivity index (χ0) is 11.9. The minimum absolute atomic E-state index is 0.575. The number of para-hydroxylation sites is 1. The van der Waals surface area contributed by atoms with E-state index in [1.165, 1.54) is 29.7 Å². The fourth-order valence-corrected chi connectivity index (χ4v) is 3.34. The van der Waals surface area contributed by atoms with Gasteiger partial charge in [0.05, 0.1) is 0 Å². The summed E-state index contributed by atoms with van der Waals surface area (Å²) in [5.74, 6) is 3.44. The molecule has 2 aliphatic carbocycles. The Kier molecular flexibility index (Phi) is 2.19. The van der Waals surface area contributed by atoms with E-state index in [-0.39, 0.29) is 0 Å². The molecule has 0 spiro atoms. The van der Waals surface area contributed by atoms with Crippen molar-refractivity contribution >= 4 is 0 Å². The van der Waals surface area contributed by atoms with Gasteiger partial charge in [0, 0.05) is 11.8 Å². The van der Waals surface area contributed by atoms with Gasteiger partial charge >= 0.3 is 0 Å². The molecule has 4 rings (SSSR count). The van der Waals surface area contributed by atoms with Gasteiger partial charge in [0.25, 0.3) is 0 Å². The molecule has 0 radical (unpaired) electrons. The quantitative estimate of drug-likeness (QED) is 0.661. The summed E-state index contributed by atoms with van der Waals surface area (Å²) >= 11 is 0. The predicted molar refractivity (Wildman–Crippen MR) is 72.3 cm³/mol. The van der Waals surface area contributed by atoms with Gasteiger partial charge in [-0.2, -0.15) is 0 Å². The fraction of sp³-hybridized carbons (Fsp3) is 0.294. The maximum absolute atomic E-state index is 6.20. The SMILES string of the molecule is C1=CC2=C3Oc4ccccc4CC3CCC2C=C1. The van der Waals surface area contributed by atoms with Crippen LogP contribution in [0.3, 0.4) is 0 Å². The molecule has 0 aromatic heterocycles. The molecule has 0 amide bonds. The molecule has 1 aromatic carbocycles. The van der Waals surface area contributed by atoms with E-state index in [1.807, 2.05) is 0 Å². The standard InChI is InChI=1S/C17H16O/c1-3-7-15-12(5-1)9-10-14-11-13-6-2-4-8-16(13)18-17(14)15/h1-8,12,14H,9-11H2. The van der Waals surface area contributed by atoms with Crippen LogP contribution in [0.1, 0.15) is 18.4 Å². The molecule has 0 saturated heterocycles. The van der Waals surface area contributed by atoms with Gasteiger partial charge in [-0.3, -0.25) is 0 Å². The van der Waals surface area contributed by atoms with Crippen LogP contribution in [0, 0.1) is 11.8 Å². The number of rotatable bonds is 0. The molecule has 3 aliphatic rings. The molecule has 18 heavy (non-hydrogen) atoms. The molecule has 0 bridgehead atoms. The summed E-state index contributed by atoms with van der Waals surface area (Å²) in [5, 5.41) is 0. The van der Waals surface area contributed by atoms with Crippen molar-refractivity contribution in [2.24, 2.45) is 11.8 Å². The first kappa shape index (κ1) is 10.2.